The van der Waals surface area contributed by atoms with Gasteiger partial charge in [0.2, 0.25) is 0 Å². The smallest absolute Gasteiger partial charge is 0.185 e. The summed E-state index contributed by atoms with van der Waals surface area (Å²) in [4.78, 5) is 26.9. The van der Waals surface area contributed by atoms with Crippen LogP contribution >= 0.6 is 0 Å². The van der Waals surface area contributed by atoms with Crippen LogP contribution in [0, 0.1) is 12.7 Å². The summed E-state index contributed by atoms with van der Waals surface area (Å²) in [5, 5.41) is 5.75. The molecule has 0 N–H and O–H groups in total. The summed E-state index contributed by atoms with van der Waals surface area (Å²) in [7, 11) is 7.67. The molecule has 0 aliphatic carbocycles. The molecule has 198 valence electrons. The van der Waals surface area contributed by atoms with Crippen molar-refractivity contribution in [2.24, 2.45) is 7.05 Å². The highest BCUT2D eigenvalue weighted by atomic mass is 19.1. The van der Waals surface area contributed by atoms with Crippen LogP contribution in [0.4, 0.5) is 10.1 Å². The first-order valence-corrected chi connectivity index (χ1v) is 12.8. The molecule has 38 heavy (non-hydrogen) atoms. The van der Waals surface area contributed by atoms with Gasteiger partial charge in [0.05, 0.1) is 29.6 Å². The summed E-state index contributed by atoms with van der Waals surface area (Å²) in [6.45, 7) is 3.83. The van der Waals surface area contributed by atoms with Gasteiger partial charge in [0.1, 0.15) is 17.3 Å². The lowest BCUT2D eigenvalue weighted by atomic mass is 9.97. The predicted octanol–water partition coefficient (Wildman–Crippen LogP) is 4.44. The first-order valence-electron chi connectivity index (χ1n) is 12.8. The first-order chi connectivity index (χ1) is 18.3. The van der Waals surface area contributed by atoms with Crippen LogP contribution < -0.4 is 9.64 Å². The normalized spacial score (nSPS) is 14.4. The van der Waals surface area contributed by atoms with E-state index in [2.05, 4.69) is 39.0 Å². The van der Waals surface area contributed by atoms with Crippen molar-refractivity contribution in [1.29, 1.82) is 0 Å². The molecule has 1 aliphatic rings. The van der Waals surface area contributed by atoms with Gasteiger partial charge < -0.3 is 14.5 Å². The highest BCUT2D eigenvalue weighted by Gasteiger charge is 2.27. The zero-order valence-corrected chi connectivity index (χ0v) is 22.5. The maximum Gasteiger partial charge on any atom is 0.185 e. The number of Topliss-reactive ketones (excluding diaryl/α,β-unsaturated/α-hetero) is 1. The fourth-order valence-electron chi connectivity index (χ4n) is 5.48. The third-order valence-corrected chi connectivity index (χ3v) is 7.47. The average Bonchev–Trinajstić information content (AvgIpc) is 3.21. The van der Waals surface area contributed by atoms with Crippen LogP contribution in [0.3, 0.4) is 0 Å². The molecule has 2 aromatic carbocycles. The molecular formula is C29H33FN6O2. The minimum absolute atomic E-state index is 0.121. The first kappa shape index (κ1) is 25.8. The number of aromatic nitrogens is 4. The predicted molar refractivity (Wildman–Crippen MR) is 146 cm³/mol. The lowest BCUT2D eigenvalue weighted by Crippen LogP contribution is -2.42. The van der Waals surface area contributed by atoms with Gasteiger partial charge >= 0.3 is 0 Å². The Bertz CT molecular complexity index is 1490. The molecule has 0 radical (unpaired) electrons. The summed E-state index contributed by atoms with van der Waals surface area (Å²) in [5.74, 6) is -0.227. The van der Waals surface area contributed by atoms with Crippen molar-refractivity contribution in [2.75, 3.05) is 39.2 Å². The maximum absolute atomic E-state index is 14.7. The highest BCUT2D eigenvalue weighted by molar-refractivity contribution is 6.01. The van der Waals surface area contributed by atoms with Crippen molar-refractivity contribution >= 4 is 22.4 Å². The lowest BCUT2D eigenvalue weighted by molar-refractivity contribution is 0.0988. The Morgan fingerprint density at radius 3 is 2.63 bits per heavy atom. The Labute approximate surface area is 222 Å². The van der Waals surface area contributed by atoms with E-state index >= 15 is 0 Å². The number of fused-ring (bicyclic) bond motifs is 1. The second-order valence-corrected chi connectivity index (χ2v) is 10.0. The quantitative estimate of drug-likeness (QED) is 0.336. The van der Waals surface area contributed by atoms with Crippen LogP contribution in [-0.2, 0) is 13.5 Å². The summed E-state index contributed by atoms with van der Waals surface area (Å²) in [5.41, 5.74) is 4.37. The largest absolute Gasteiger partial charge is 0.496 e. The molecular weight excluding hydrogens is 483 g/mol. The molecule has 1 fully saturated rings. The van der Waals surface area contributed by atoms with E-state index in [4.69, 9.17) is 4.74 Å². The SMILES string of the molecule is COc1cccc(F)c1-c1nccc(C(=O)Cc2ccc3c(c(C)nn3C)c2N2CCC(N(C)C)CC2)n1. The number of carbonyl (C=O) groups is 1. The van der Waals surface area contributed by atoms with Gasteiger partial charge in [0.15, 0.2) is 11.6 Å². The molecule has 0 spiro atoms. The van der Waals surface area contributed by atoms with Gasteiger partial charge in [-0.15, -0.1) is 0 Å². The van der Waals surface area contributed by atoms with E-state index in [-0.39, 0.29) is 29.3 Å². The third-order valence-electron chi connectivity index (χ3n) is 7.47. The highest BCUT2D eigenvalue weighted by Crippen LogP contribution is 2.36. The van der Waals surface area contributed by atoms with Crippen LogP contribution in [0.2, 0.25) is 0 Å². The van der Waals surface area contributed by atoms with Crippen molar-refractivity contribution in [3.05, 3.63) is 65.4 Å². The number of anilines is 1. The molecule has 2 aromatic heterocycles. The zero-order valence-electron chi connectivity index (χ0n) is 22.5. The van der Waals surface area contributed by atoms with E-state index in [9.17, 15) is 9.18 Å². The van der Waals surface area contributed by atoms with Crippen LogP contribution in [0.5, 0.6) is 5.75 Å². The van der Waals surface area contributed by atoms with Crippen molar-refractivity contribution in [3.8, 4) is 17.1 Å². The number of benzene rings is 2. The van der Waals surface area contributed by atoms with E-state index in [1.165, 1.54) is 19.4 Å². The van der Waals surface area contributed by atoms with E-state index in [0.29, 0.717) is 11.8 Å². The Hall–Kier alpha value is -3.85. The number of rotatable bonds is 7. The summed E-state index contributed by atoms with van der Waals surface area (Å²) >= 11 is 0. The van der Waals surface area contributed by atoms with E-state index in [1.807, 2.05) is 30.8 Å². The second-order valence-electron chi connectivity index (χ2n) is 10.0. The minimum atomic E-state index is -0.505. The van der Waals surface area contributed by atoms with E-state index < -0.39 is 5.82 Å². The van der Waals surface area contributed by atoms with Gasteiger partial charge in [-0.2, -0.15) is 5.10 Å². The number of methoxy groups -OCH3 is 1. The molecule has 0 saturated carbocycles. The van der Waals surface area contributed by atoms with Crippen LogP contribution in [0.15, 0.2) is 42.6 Å². The van der Waals surface area contributed by atoms with E-state index in [0.717, 1.165) is 53.8 Å². The monoisotopic (exact) mass is 516 g/mol. The van der Waals surface area contributed by atoms with Gasteiger partial charge in [-0.3, -0.25) is 9.48 Å². The number of hydrogen-bond donors (Lipinski definition) is 0. The number of nitrogens with zero attached hydrogens (tertiary/aromatic N) is 6. The number of halogens is 1. The van der Waals surface area contributed by atoms with Crippen molar-refractivity contribution in [2.45, 2.75) is 32.2 Å². The minimum Gasteiger partial charge on any atom is -0.496 e. The molecule has 1 aliphatic heterocycles. The molecule has 5 rings (SSSR count). The lowest BCUT2D eigenvalue weighted by Gasteiger charge is -2.37. The van der Waals surface area contributed by atoms with Crippen molar-refractivity contribution in [3.63, 3.8) is 0 Å². The van der Waals surface area contributed by atoms with Gasteiger partial charge in [-0.25, -0.2) is 14.4 Å². The summed E-state index contributed by atoms with van der Waals surface area (Å²) in [6, 6.07) is 10.7. The van der Waals surface area contributed by atoms with Crippen molar-refractivity contribution < 1.29 is 13.9 Å². The number of piperidine rings is 1. The molecule has 8 nitrogen and oxygen atoms in total. The standard InChI is InChI=1S/C29H33FN6O2/c1-18-26-23(35(4)33-18)10-9-19(28(26)36-15-12-20(13-16-36)34(2)3)17-24(37)22-11-14-31-29(32-22)27-21(30)7-6-8-25(27)38-5/h6-11,14,20H,12-13,15-17H2,1-5H3. The fraction of sp³-hybridized carbons (Fsp3) is 0.379. The maximum atomic E-state index is 14.7. The fourth-order valence-corrected chi connectivity index (χ4v) is 5.48. The van der Waals surface area contributed by atoms with Crippen LogP contribution in [0.25, 0.3) is 22.3 Å². The summed E-state index contributed by atoms with van der Waals surface area (Å²) in [6.07, 6.45) is 3.76. The van der Waals surface area contributed by atoms with Gasteiger partial charge in [-0.05, 0) is 63.7 Å². The number of aryl methyl sites for hydroxylation is 2. The van der Waals surface area contributed by atoms with Gasteiger partial charge in [0, 0.05) is 44.2 Å². The topological polar surface area (TPSA) is 76.4 Å². The third kappa shape index (κ3) is 4.74. The molecule has 9 heteroatoms. The molecule has 1 saturated heterocycles. The average molecular weight is 517 g/mol. The Kier molecular flexibility index (Phi) is 7.12. The van der Waals surface area contributed by atoms with Gasteiger partial charge in [-0.1, -0.05) is 12.1 Å². The molecule has 0 unspecified atom stereocenters. The number of ketones is 1. The molecule has 3 heterocycles. The summed E-state index contributed by atoms with van der Waals surface area (Å²) < 4.78 is 21.9. The Morgan fingerprint density at radius 2 is 1.92 bits per heavy atom. The number of carbonyl (C=O) groups excluding carboxylic acids is 1. The molecule has 0 atom stereocenters. The molecule has 0 bridgehead atoms. The number of ether oxygens (including phenoxy) is 1. The van der Waals surface area contributed by atoms with Gasteiger partial charge in [0.25, 0.3) is 0 Å². The second kappa shape index (κ2) is 10.5. The molecule has 4 aromatic rings. The zero-order chi connectivity index (χ0) is 27.0. The number of hydrogen-bond acceptors (Lipinski definition) is 7. The Morgan fingerprint density at radius 1 is 1.16 bits per heavy atom. The van der Waals surface area contributed by atoms with Crippen LogP contribution in [0.1, 0.15) is 34.6 Å². The van der Waals surface area contributed by atoms with E-state index in [1.54, 1.807) is 18.2 Å². The van der Waals surface area contributed by atoms with Crippen LogP contribution in [-0.4, -0.2) is 70.8 Å². The molecule has 0 amide bonds. The Balaban J connectivity index is 1.51. The van der Waals surface area contributed by atoms with Crippen molar-refractivity contribution in [1.82, 2.24) is 24.6 Å².